The van der Waals surface area contributed by atoms with Crippen LogP contribution in [0.15, 0.2) is 60.7 Å². The number of imidazole rings is 1. The topological polar surface area (TPSA) is 84.1 Å². The fraction of sp³-hybridized carbons (Fsp3) is 0.192. The summed E-state index contributed by atoms with van der Waals surface area (Å²) in [6.45, 7) is 7.50. The Bertz CT molecular complexity index is 1310. The molecule has 2 N–H and O–H groups in total. The van der Waals surface area contributed by atoms with Crippen molar-refractivity contribution >= 4 is 28.6 Å². The van der Waals surface area contributed by atoms with Crippen LogP contribution >= 0.6 is 0 Å². The molecule has 0 aliphatic rings. The summed E-state index contributed by atoms with van der Waals surface area (Å²) in [6, 6.07) is 18.9. The van der Waals surface area contributed by atoms with Gasteiger partial charge in [-0.2, -0.15) is 0 Å². The lowest BCUT2D eigenvalue weighted by atomic mass is 10.1. The van der Waals surface area contributed by atoms with Crippen LogP contribution in [0.5, 0.6) is 0 Å². The number of benzene rings is 3. The first-order valence-electron chi connectivity index (χ1n) is 10.5. The lowest BCUT2D eigenvalue weighted by Gasteiger charge is -2.15. The Hall–Kier alpha value is -3.93. The second-order valence-electron chi connectivity index (χ2n) is 8.04. The molecule has 4 rings (SSSR count). The van der Waals surface area contributed by atoms with E-state index in [1.807, 2.05) is 63.2 Å². The molecular weight excluding hydrogens is 402 g/mol. The van der Waals surface area contributed by atoms with Gasteiger partial charge in [0.2, 0.25) is 0 Å². The van der Waals surface area contributed by atoms with Crippen LogP contribution in [0.4, 0.5) is 5.69 Å². The molecule has 1 atom stereocenters. The van der Waals surface area contributed by atoms with E-state index < -0.39 is 12.1 Å². The van der Waals surface area contributed by atoms with Crippen LogP contribution in [-0.2, 0) is 9.53 Å². The van der Waals surface area contributed by atoms with E-state index in [4.69, 9.17) is 4.74 Å². The lowest BCUT2D eigenvalue weighted by molar-refractivity contribution is -0.123. The fourth-order valence-electron chi connectivity index (χ4n) is 3.46. The molecule has 4 aromatic rings. The van der Waals surface area contributed by atoms with Gasteiger partial charge in [-0.05, 0) is 57.5 Å². The summed E-state index contributed by atoms with van der Waals surface area (Å²) in [5.41, 5.74) is 6.72. The normalized spacial score (nSPS) is 11.9. The number of amides is 1. The number of aromatic nitrogens is 2. The van der Waals surface area contributed by atoms with Crippen molar-refractivity contribution in [2.75, 3.05) is 5.32 Å². The molecule has 3 aromatic carbocycles. The van der Waals surface area contributed by atoms with Crippen molar-refractivity contribution in [2.24, 2.45) is 0 Å². The monoisotopic (exact) mass is 427 g/mol. The number of carbonyl (C=O) groups excluding carboxylic acids is 2. The third-order valence-electron chi connectivity index (χ3n) is 5.34. The molecule has 0 saturated carbocycles. The van der Waals surface area contributed by atoms with Gasteiger partial charge >= 0.3 is 5.97 Å². The number of nitrogens with zero attached hydrogens (tertiary/aromatic N) is 1. The van der Waals surface area contributed by atoms with Crippen molar-refractivity contribution in [1.82, 2.24) is 9.97 Å². The van der Waals surface area contributed by atoms with Crippen LogP contribution in [0.2, 0.25) is 0 Å². The van der Waals surface area contributed by atoms with Crippen LogP contribution in [-0.4, -0.2) is 27.9 Å². The van der Waals surface area contributed by atoms with E-state index in [0.29, 0.717) is 11.3 Å². The highest BCUT2D eigenvalue weighted by Gasteiger charge is 2.20. The minimum atomic E-state index is -0.941. The van der Waals surface area contributed by atoms with E-state index in [0.717, 1.165) is 33.5 Å². The Balaban J connectivity index is 1.46. The average Bonchev–Trinajstić information content (AvgIpc) is 3.19. The summed E-state index contributed by atoms with van der Waals surface area (Å²) in [6.07, 6.45) is -0.941. The van der Waals surface area contributed by atoms with E-state index in [-0.39, 0.29) is 5.91 Å². The lowest BCUT2D eigenvalue weighted by Crippen LogP contribution is -2.30. The number of hydrogen-bond acceptors (Lipinski definition) is 4. The average molecular weight is 428 g/mol. The number of H-pyrrole nitrogens is 1. The number of fused-ring (bicyclic) bond motifs is 1. The predicted molar refractivity (Wildman–Crippen MR) is 126 cm³/mol. The van der Waals surface area contributed by atoms with Gasteiger partial charge in [-0.25, -0.2) is 9.78 Å². The van der Waals surface area contributed by atoms with Gasteiger partial charge in [0.15, 0.2) is 6.10 Å². The Morgan fingerprint density at radius 3 is 2.38 bits per heavy atom. The standard InChI is InChI=1S/C26H25N3O3/c1-15-5-8-19(9-6-15)24-27-22-12-10-20(14-23(22)28-24)26(31)32-18(4)25(30)29-21-11-7-16(2)13-17(21)3/h5-14,18H,1-4H3,(H,27,28)(H,29,30). The van der Waals surface area contributed by atoms with Crippen molar-refractivity contribution in [3.8, 4) is 11.4 Å². The number of anilines is 1. The van der Waals surface area contributed by atoms with Gasteiger partial charge in [-0.3, -0.25) is 4.79 Å². The maximum atomic E-state index is 12.6. The second kappa shape index (κ2) is 8.67. The first kappa shape index (κ1) is 21.3. The number of rotatable bonds is 5. The van der Waals surface area contributed by atoms with Gasteiger partial charge in [-0.1, -0.05) is 47.5 Å². The minimum absolute atomic E-state index is 0.350. The summed E-state index contributed by atoms with van der Waals surface area (Å²) in [7, 11) is 0. The molecule has 0 fully saturated rings. The van der Waals surface area contributed by atoms with E-state index in [2.05, 4.69) is 15.3 Å². The summed E-state index contributed by atoms with van der Waals surface area (Å²) < 4.78 is 5.40. The molecule has 0 saturated heterocycles. The van der Waals surface area contributed by atoms with Crippen LogP contribution in [0, 0.1) is 20.8 Å². The number of aromatic amines is 1. The van der Waals surface area contributed by atoms with Crippen LogP contribution in [0.3, 0.4) is 0 Å². The van der Waals surface area contributed by atoms with Crippen LogP contribution in [0.25, 0.3) is 22.4 Å². The Morgan fingerprint density at radius 1 is 0.938 bits per heavy atom. The largest absolute Gasteiger partial charge is 0.449 e. The highest BCUT2D eigenvalue weighted by atomic mass is 16.5. The summed E-state index contributed by atoms with van der Waals surface area (Å²) in [5.74, 6) is -0.219. The van der Waals surface area contributed by atoms with E-state index in [9.17, 15) is 9.59 Å². The van der Waals surface area contributed by atoms with Gasteiger partial charge in [0.1, 0.15) is 5.82 Å². The molecule has 1 unspecified atom stereocenters. The van der Waals surface area contributed by atoms with Crippen molar-refractivity contribution in [2.45, 2.75) is 33.8 Å². The fourth-order valence-corrected chi connectivity index (χ4v) is 3.46. The van der Waals surface area contributed by atoms with Crippen LogP contribution < -0.4 is 5.32 Å². The van der Waals surface area contributed by atoms with Crippen LogP contribution in [0.1, 0.15) is 34.0 Å². The number of ether oxygens (including phenoxy) is 1. The highest BCUT2D eigenvalue weighted by molar-refractivity contribution is 5.99. The summed E-state index contributed by atoms with van der Waals surface area (Å²) in [5, 5.41) is 2.82. The van der Waals surface area contributed by atoms with Crippen molar-refractivity contribution in [3.63, 3.8) is 0 Å². The van der Waals surface area contributed by atoms with Gasteiger partial charge in [0, 0.05) is 11.3 Å². The third-order valence-corrected chi connectivity index (χ3v) is 5.34. The van der Waals surface area contributed by atoms with Crippen molar-refractivity contribution in [3.05, 3.63) is 82.9 Å². The van der Waals surface area contributed by atoms with Crippen molar-refractivity contribution in [1.29, 1.82) is 0 Å². The van der Waals surface area contributed by atoms with E-state index in [1.165, 1.54) is 5.56 Å². The van der Waals surface area contributed by atoms with Gasteiger partial charge < -0.3 is 15.0 Å². The minimum Gasteiger partial charge on any atom is -0.449 e. The molecule has 162 valence electrons. The molecule has 6 heteroatoms. The summed E-state index contributed by atoms with van der Waals surface area (Å²) >= 11 is 0. The van der Waals surface area contributed by atoms with Gasteiger partial charge in [0.05, 0.1) is 16.6 Å². The quantitative estimate of drug-likeness (QED) is 0.421. The molecule has 1 heterocycles. The number of esters is 1. The number of nitrogens with one attached hydrogen (secondary N) is 2. The Labute approximate surface area is 186 Å². The molecule has 1 amide bonds. The number of hydrogen-bond donors (Lipinski definition) is 2. The number of aryl methyl sites for hydroxylation is 3. The van der Waals surface area contributed by atoms with E-state index in [1.54, 1.807) is 25.1 Å². The molecular formula is C26H25N3O3. The third kappa shape index (κ3) is 4.54. The molecule has 0 aliphatic carbocycles. The highest BCUT2D eigenvalue weighted by Crippen LogP contribution is 2.22. The maximum absolute atomic E-state index is 12.6. The second-order valence-corrected chi connectivity index (χ2v) is 8.04. The Kier molecular flexibility index (Phi) is 5.77. The van der Waals surface area contributed by atoms with Crippen molar-refractivity contribution < 1.29 is 14.3 Å². The molecule has 0 bridgehead atoms. The molecule has 32 heavy (non-hydrogen) atoms. The van der Waals surface area contributed by atoms with Gasteiger partial charge in [-0.15, -0.1) is 0 Å². The maximum Gasteiger partial charge on any atom is 0.338 e. The number of carbonyl (C=O) groups is 2. The first-order valence-corrected chi connectivity index (χ1v) is 10.5. The van der Waals surface area contributed by atoms with E-state index >= 15 is 0 Å². The zero-order valence-electron chi connectivity index (χ0n) is 18.5. The Morgan fingerprint density at radius 2 is 1.66 bits per heavy atom. The first-order chi connectivity index (χ1) is 15.3. The SMILES string of the molecule is Cc1ccc(-c2nc3ccc(C(=O)OC(C)C(=O)Nc4ccc(C)cc4C)cc3[nH]2)cc1. The summed E-state index contributed by atoms with van der Waals surface area (Å²) in [4.78, 5) is 33.0. The molecule has 1 aromatic heterocycles. The smallest absolute Gasteiger partial charge is 0.338 e. The predicted octanol–water partition coefficient (Wildman–Crippen LogP) is 5.34. The zero-order valence-corrected chi connectivity index (χ0v) is 18.5. The van der Waals surface area contributed by atoms with Gasteiger partial charge in [0.25, 0.3) is 5.91 Å². The molecule has 0 aliphatic heterocycles. The zero-order chi connectivity index (χ0) is 22.8. The molecule has 6 nitrogen and oxygen atoms in total. The molecule has 0 radical (unpaired) electrons. The molecule has 0 spiro atoms.